The van der Waals surface area contributed by atoms with Crippen LogP contribution in [0.25, 0.3) is 0 Å². The minimum absolute atomic E-state index is 0.415. The van der Waals surface area contributed by atoms with Crippen molar-refractivity contribution < 1.29 is 0 Å². The van der Waals surface area contributed by atoms with Gasteiger partial charge in [0.2, 0.25) is 0 Å². The molecule has 1 heterocycles. The van der Waals surface area contributed by atoms with Gasteiger partial charge in [-0.15, -0.1) is 0 Å². The maximum atomic E-state index is 5.93. The molecule has 1 fully saturated rings. The van der Waals surface area contributed by atoms with Crippen molar-refractivity contribution in [1.29, 1.82) is 0 Å². The Balaban J connectivity index is 2.06. The van der Waals surface area contributed by atoms with Crippen LogP contribution in [-0.4, -0.2) is 24.5 Å². The van der Waals surface area contributed by atoms with Gasteiger partial charge in [0.05, 0.1) is 0 Å². The molecule has 0 aromatic heterocycles. The second-order valence-corrected chi connectivity index (χ2v) is 4.72. The minimum Gasteiger partial charge on any atom is -0.329 e. The average molecular weight is 218 g/mol. The molecule has 88 valence electrons. The Bertz CT molecular complexity index is 310. The first-order chi connectivity index (χ1) is 7.85. The van der Waals surface area contributed by atoms with Crippen molar-refractivity contribution in [2.45, 2.75) is 25.8 Å². The van der Waals surface area contributed by atoms with E-state index >= 15 is 0 Å². The standard InChI is InChI=1S/C14H22N2/c1-2-12-8-9-16(11-12)14(10-15)13-6-4-3-5-7-13/h3-7,12,14H,2,8-11,15H2,1H3. The van der Waals surface area contributed by atoms with Crippen LogP contribution in [0.2, 0.25) is 0 Å². The summed E-state index contributed by atoms with van der Waals surface area (Å²) in [5.74, 6) is 0.873. The second kappa shape index (κ2) is 5.46. The molecule has 2 rings (SSSR count). The lowest BCUT2D eigenvalue weighted by atomic mass is 10.1. The molecule has 2 nitrogen and oxygen atoms in total. The van der Waals surface area contributed by atoms with Crippen LogP contribution in [0.3, 0.4) is 0 Å². The Labute approximate surface area is 98.4 Å². The summed E-state index contributed by atoms with van der Waals surface area (Å²) in [7, 11) is 0. The largest absolute Gasteiger partial charge is 0.329 e. The van der Waals surface area contributed by atoms with Crippen LogP contribution in [0.4, 0.5) is 0 Å². The summed E-state index contributed by atoms with van der Waals surface area (Å²) in [6.45, 7) is 5.43. The van der Waals surface area contributed by atoms with Crippen LogP contribution >= 0.6 is 0 Å². The molecule has 16 heavy (non-hydrogen) atoms. The van der Waals surface area contributed by atoms with Gasteiger partial charge in [0.1, 0.15) is 0 Å². The van der Waals surface area contributed by atoms with Crippen LogP contribution < -0.4 is 5.73 Å². The molecular formula is C14H22N2. The molecule has 0 aliphatic carbocycles. The molecule has 0 radical (unpaired) electrons. The third-order valence-electron chi connectivity index (χ3n) is 3.74. The number of nitrogens with two attached hydrogens (primary N) is 1. The highest BCUT2D eigenvalue weighted by Crippen LogP contribution is 2.28. The fourth-order valence-electron chi connectivity index (χ4n) is 2.65. The topological polar surface area (TPSA) is 29.3 Å². The molecule has 1 aromatic carbocycles. The van der Waals surface area contributed by atoms with Gasteiger partial charge in [-0.25, -0.2) is 0 Å². The zero-order valence-corrected chi connectivity index (χ0v) is 10.1. The Morgan fingerprint density at radius 1 is 1.38 bits per heavy atom. The van der Waals surface area contributed by atoms with E-state index in [1.165, 1.54) is 31.5 Å². The molecule has 1 aliphatic heterocycles. The first-order valence-electron chi connectivity index (χ1n) is 6.34. The van der Waals surface area contributed by atoms with Gasteiger partial charge >= 0.3 is 0 Å². The number of nitrogens with zero attached hydrogens (tertiary/aromatic N) is 1. The first kappa shape index (κ1) is 11.6. The van der Waals surface area contributed by atoms with Gasteiger partial charge in [-0.1, -0.05) is 43.7 Å². The fourth-order valence-corrected chi connectivity index (χ4v) is 2.65. The van der Waals surface area contributed by atoms with Crippen molar-refractivity contribution in [3.8, 4) is 0 Å². The highest BCUT2D eigenvalue weighted by molar-refractivity contribution is 5.19. The van der Waals surface area contributed by atoms with E-state index in [0.717, 1.165) is 12.5 Å². The molecule has 2 unspecified atom stereocenters. The molecule has 2 heteroatoms. The monoisotopic (exact) mass is 218 g/mol. The third-order valence-corrected chi connectivity index (χ3v) is 3.74. The van der Waals surface area contributed by atoms with Gasteiger partial charge in [-0.3, -0.25) is 4.90 Å². The summed E-state index contributed by atoms with van der Waals surface area (Å²) >= 11 is 0. The Hall–Kier alpha value is -0.860. The molecule has 1 aliphatic rings. The Morgan fingerprint density at radius 2 is 2.12 bits per heavy atom. The zero-order valence-electron chi connectivity index (χ0n) is 10.1. The summed E-state index contributed by atoms with van der Waals surface area (Å²) < 4.78 is 0. The first-order valence-corrected chi connectivity index (χ1v) is 6.34. The van der Waals surface area contributed by atoms with Crippen LogP contribution in [0.15, 0.2) is 30.3 Å². The minimum atomic E-state index is 0.415. The van der Waals surface area contributed by atoms with E-state index in [0.29, 0.717) is 6.04 Å². The van der Waals surface area contributed by atoms with Crippen molar-refractivity contribution >= 4 is 0 Å². The normalized spacial score (nSPS) is 23.5. The molecule has 2 N–H and O–H groups in total. The van der Waals surface area contributed by atoms with Gasteiger partial charge in [0.15, 0.2) is 0 Å². The lowest BCUT2D eigenvalue weighted by molar-refractivity contribution is 0.241. The molecule has 2 atom stereocenters. The lowest BCUT2D eigenvalue weighted by Crippen LogP contribution is -2.32. The summed E-state index contributed by atoms with van der Waals surface area (Å²) in [6.07, 6.45) is 2.63. The Morgan fingerprint density at radius 3 is 2.69 bits per heavy atom. The van der Waals surface area contributed by atoms with Crippen molar-refractivity contribution in [3.63, 3.8) is 0 Å². The fraction of sp³-hybridized carbons (Fsp3) is 0.571. The molecule has 1 saturated heterocycles. The number of hydrogen-bond donors (Lipinski definition) is 1. The van der Waals surface area contributed by atoms with Crippen LogP contribution in [0.1, 0.15) is 31.4 Å². The Kier molecular flexibility index (Phi) is 3.97. The number of likely N-dealkylation sites (tertiary alicyclic amines) is 1. The van der Waals surface area contributed by atoms with E-state index < -0.39 is 0 Å². The molecule has 0 saturated carbocycles. The highest BCUT2D eigenvalue weighted by Gasteiger charge is 2.27. The van der Waals surface area contributed by atoms with E-state index in [1.807, 2.05) is 0 Å². The summed E-state index contributed by atoms with van der Waals surface area (Å²) in [5.41, 5.74) is 7.29. The zero-order chi connectivity index (χ0) is 11.4. The summed E-state index contributed by atoms with van der Waals surface area (Å²) in [5, 5.41) is 0. The maximum Gasteiger partial charge on any atom is 0.0470 e. The summed E-state index contributed by atoms with van der Waals surface area (Å²) in [4.78, 5) is 2.55. The van der Waals surface area contributed by atoms with Gasteiger partial charge in [0.25, 0.3) is 0 Å². The number of hydrogen-bond acceptors (Lipinski definition) is 2. The third kappa shape index (κ3) is 2.45. The predicted molar refractivity (Wildman–Crippen MR) is 68.2 cm³/mol. The smallest absolute Gasteiger partial charge is 0.0470 e. The van der Waals surface area contributed by atoms with Crippen LogP contribution in [-0.2, 0) is 0 Å². The highest BCUT2D eigenvalue weighted by atomic mass is 15.2. The van der Waals surface area contributed by atoms with Crippen molar-refractivity contribution in [1.82, 2.24) is 4.90 Å². The predicted octanol–water partition coefficient (Wildman–Crippen LogP) is 2.42. The molecule has 0 bridgehead atoms. The average Bonchev–Trinajstić information content (AvgIpc) is 2.80. The van der Waals surface area contributed by atoms with Crippen LogP contribution in [0, 0.1) is 5.92 Å². The quantitative estimate of drug-likeness (QED) is 0.841. The molecular weight excluding hydrogens is 196 g/mol. The second-order valence-electron chi connectivity index (χ2n) is 4.72. The number of benzene rings is 1. The summed E-state index contributed by atoms with van der Waals surface area (Å²) in [6, 6.07) is 11.1. The molecule has 0 spiro atoms. The van der Waals surface area contributed by atoms with Crippen molar-refractivity contribution in [2.24, 2.45) is 11.7 Å². The number of rotatable bonds is 4. The van der Waals surface area contributed by atoms with E-state index in [-0.39, 0.29) is 0 Å². The van der Waals surface area contributed by atoms with E-state index in [1.54, 1.807) is 0 Å². The van der Waals surface area contributed by atoms with Gasteiger partial charge < -0.3 is 5.73 Å². The molecule has 0 amide bonds. The van der Waals surface area contributed by atoms with Gasteiger partial charge in [-0.2, -0.15) is 0 Å². The van der Waals surface area contributed by atoms with Crippen molar-refractivity contribution in [3.05, 3.63) is 35.9 Å². The molecule has 1 aromatic rings. The SMILES string of the molecule is CCC1CCN(C(CN)c2ccccc2)C1. The van der Waals surface area contributed by atoms with Crippen LogP contribution in [0.5, 0.6) is 0 Å². The van der Waals surface area contributed by atoms with Crippen molar-refractivity contribution in [2.75, 3.05) is 19.6 Å². The van der Waals surface area contributed by atoms with E-state index in [9.17, 15) is 0 Å². The maximum absolute atomic E-state index is 5.93. The van der Waals surface area contributed by atoms with E-state index in [4.69, 9.17) is 5.73 Å². The van der Waals surface area contributed by atoms with Gasteiger partial charge in [0, 0.05) is 19.1 Å². The van der Waals surface area contributed by atoms with Gasteiger partial charge in [-0.05, 0) is 24.4 Å². The van der Waals surface area contributed by atoms with E-state index in [2.05, 4.69) is 42.2 Å². The lowest BCUT2D eigenvalue weighted by Gasteiger charge is -2.27.